The van der Waals surface area contributed by atoms with Crippen molar-refractivity contribution in [2.45, 2.75) is 57.7 Å². The number of nitrogens with zero attached hydrogens (tertiary/aromatic N) is 1. The Kier molecular flexibility index (Phi) is 6.48. The highest BCUT2D eigenvalue weighted by Crippen LogP contribution is 2.27. The van der Waals surface area contributed by atoms with E-state index in [0.717, 1.165) is 30.6 Å². The lowest BCUT2D eigenvalue weighted by Crippen LogP contribution is -2.49. The second-order valence-electron chi connectivity index (χ2n) is 5.52. The molecule has 0 saturated heterocycles. The van der Waals surface area contributed by atoms with E-state index >= 15 is 0 Å². The number of carbonyl (C=O) groups excluding carboxylic acids is 2. The van der Waals surface area contributed by atoms with Crippen molar-refractivity contribution >= 4 is 11.9 Å². The first kappa shape index (κ1) is 17.8. The molecule has 1 saturated carbocycles. The number of amides is 1. The number of methoxy groups -OCH3 is 1. The van der Waals surface area contributed by atoms with Crippen LogP contribution in [0.15, 0.2) is 0 Å². The highest BCUT2D eigenvalue weighted by molar-refractivity contribution is 5.83. The Morgan fingerprint density at radius 3 is 2.14 bits per heavy atom. The van der Waals surface area contributed by atoms with Gasteiger partial charge in [-0.3, -0.25) is 9.59 Å². The lowest BCUT2D eigenvalue weighted by molar-refractivity contribution is -0.189. The van der Waals surface area contributed by atoms with Gasteiger partial charge in [-0.15, -0.1) is 0 Å². The van der Waals surface area contributed by atoms with Crippen molar-refractivity contribution in [3.05, 3.63) is 0 Å². The molecule has 1 fully saturated rings. The molecule has 4 nitrogen and oxygen atoms in total. The van der Waals surface area contributed by atoms with Crippen LogP contribution in [0.25, 0.3) is 0 Å². The minimum Gasteiger partial charge on any atom is -0.469 e. The molecule has 0 aromatic heterocycles. The molecule has 0 aromatic carbocycles. The fraction of sp³-hybridized carbons (Fsp3) is 0.857. The van der Waals surface area contributed by atoms with Crippen LogP contribution in [0.1, 0.15) is 45.4 Å². The third-order valence-corrected chi connectivity index (χ3v) is 3.84. The van der Waals surface area contributed by atoms with E-state index in [9.17, 15) is 22.8 Å². The molecular formula is C14H22F3NO3. The molecule has 0 aromatic rings. The molecule has 0 N–H and O–H groups in total. The number of carbonyl (C=O) groups is 2. The van der Waals surface area contributed by atoms with Crippen molar-refractivity contribution in [1.29, 1.82) is 0 Å². The van der Waals surface area contributed by atoms with Gasteiger partial charge in [-0.05, 0) is 12.8 Å². The summed E-state index contributed by atoms with van der Waals surface area (Å²) in [6.07, 6.45) is -0.264. The Balaban J connectivity index is 2.88. The van der Waals surface area contributed by atoms with E-state index in [2.05, 4.69) is 4.74 Å². The van der Waals surface area contributed by atoms with Gasteiger partial charge in [0.1, 0.15) is 0 Å². The second-order valence-corrected chi connectivity index (χ2v) is 5.52. The Hall–Kier alpha value is -1.27. The number of alkyl halides is 3. The van der Waals surface area contributed by atoms with E-state index in [1.807, 2.05) is 0 Å². The predicted molar refractivity (Wildman–Crippen MR) is 70.4 cm³/mol. The smallest absolute Gasteiger partial charge is 0.469 e. The molecule has 0 heterocycles. The Bertz CT molecular complexity index is 363. The fourth-order valence-corrected chi connectivity index (χ4v) is 2.70. The summed E-state index contributed by atoms with van der Waals surface area (Å²) in [4.78, 5) is 23.9. The van der Waals surface area contributed by atoms with Crippen molar-refractivity contribution in [3.8, 4) is 0 Å². The highest BCUT2D eigenvalue weighted by Gasteiger charge is 2.45. The summed E-state index contributed by atoms with van der Waals surface area (Å²) in [5, 5.41) is 0. The van der Waals surface area contributed by atoms with Crippen LogP contribution in [0.4, 0.5) is 13.2 Å². The van der Waals surface area contributed by atoms with Crippen molar-refractivity contribution in [3.63, 3.8) is 0 Å². The van der Waals surface area contributed by atoms with Crippen LogP contribution in [0.3, 0.4) is 0 Å². The second kappa shape index (κ2) is 7.66. The lowest BCUT2D eigenvalue weighted by atomic mass is 10.0. The van der Waals surface area contributed by atoms with E-state index in [-0.39, 0.29) is 6.54 Å². The minimum atomic E-state index is -4.91. The number of hydrogen-bond donors (Lipinski definition) is 0. The number of ether oxygens (including phenoxy) is 1. The molecule has 1 atom stereocenters. The average Bonchev–Trinajstić information content (AvgIpc) is 2.70. The summed E-state index contributed by atoms with van der Waals surface area (Å²) in [5.41, 5.74) is 0. The van der Waals surface area contributed by atoms with Gasteiger partial charge in [-0.25, -0.2) is 0 Å². The van der Waals surface area contributed by atoms with Gasteiger partial charge in [0.25, 0.3) is 0 Å². The van der Waals surface area contributed by atoms with E-state index in [1.165, 1.54) is 14.0 Å². The van der Waals surface area contributed by atoms with Gasteiger partial charge in [0.2, 0.25) is 0 Å². The summed E-state index contributed by atoms with van der Waals surface area (Å²) >= 11 is 0. The summed E-state index contributed by atoms with van der Waals surface area (Å²) < 4.78 is 42.9. The van der Waals surface area contributed by atoms with Crippen molar-refractivity contribution in [2.24, 2.45) is 5.92 Å². The van der Waals surface area contributed by atoms with Crippen LogP contribution < -0.4 is 0 Å². The Morgan fingerprint density at radius 1 is 1.19 bits per heavy atom. The molecule has 1 aliphatic rings. The molecule has 1 aliphatic carbocycles. The van der Waals surface area contributed by atoms with Crippen LogP contribution >= 0.6 is 0 Å². The summed E-state index contributed by atoms with van der Waals surface area (Å²) in [7, 11) is 1.18. The summed E-state index contributed by atoms with van der Waals surface area (Å²) in [5.74, 6) is -3.24. The Morgan fingerprint density at radius 2 is 1.71 bits per heavy atom. The van der Waals surface area contributed by atoms with Crippen molar-refractivity contribution in [2.75, 3.05) is 13.7 Å². The van der Waals surface area contributed by atoms with Crippen molar-refractivity contribution in [1.82, 2.24) is 4.90 Å². The molecule has 7 heteroatoms. The quantitative estimate of drug-likeness (QED) is 0.592. The molecule has 21 heavy (non-hydrogen) atoms. The first-order valence-electron chi connectivity index (χ1n) is 7.23. The lowest BCUT2D eigenvalue weighted by Gasteiger charge is -2.33. The normalized spacial score (nSPS) is 18.7. The molecule has 1 unspecified atom stereocenters. The van der Waals surface area contributed by atoms with Gasteiger partial charge >= 0.3 is 18.1 Å². The monoisotopic (exact) mass is 309 g/mol. The topological polar surface area (TPSA) is 46.6 Å². The van der Waals surface area contributed by atoms with Gasteiger partial charge in [-0.1, -0.05) is 32.6 Å². The molecule has 1 rings (SSSR count). The zero-order valence-corrected chi connectivity index (χ0v) is 12.4. The van der Waals surface area contributed by atoms with Gasteiger partial charge in [0.05, 0.1) is 13.0 Å². The number of hydrogen-bond acceptors (Lipinski definition) is 3. The van der Waals surface area contributed by atoms with Gasteiger partial charge in [-0.2, -0.15) is 13.2 Å². The van der Waals surface area contributed by atoms with Crippen LogP contribution in [-0.2, 0) is 14.3 Å². The maximum absolute atomic E-state index is 12.8. The molecule has 122 valence electrons. The highest BCUT2D eigenvalue weighted by atomic mass is 19.4. The SMILES string of the molecule is COC(=O)C(C)CN(C(=O)C(F)(F)F)C1CCCCCC1. The van der Waals surface area contributed by atoms with Crippen LogP contribution in [0, 0.1) is 5.92 Å². The summed E-state index contributed by atoms with van der Waals surface area (Å²) in [6.45, 7) is 1.22. The predicted octanol–water partition coefficient (Wildman–Crippen LogP) is 2.91. The zero-order chi connectivity index (χ0) is 16.0. The average molecular weight is 309 g/mol. The van der Waals surface area contributed by atoms with Gasteiger partial charge in [0.15, 0.2) is 0 Å². The van der Waals surface area contributed by atoms with Crippen LogP contribution in [0.5, 0.6) is 0 Å². The maximum atomic E-state index is 12.8. The zero-order valence-electron chi connectivity index (χ0n) is 12.4. The fourth-order valence-electron chi connectivity index (χ4n) is 2.70. The van der Waals surface area contributed by atoms with E-state index in [1.54, 1.807) is 0 Å². The molecule has 0 bridgehead atoms. The maximum Gasteiger partial charge on any atom is 0.471 e. The number of esters is 1. The van der Waals surface area contributed by atoms with Crippen molar-refractivity contribution < 1.29 is 27.5 Å². The number of rotatable bonds is 4. The van der Waals surface area contributed by atoms with E-state index in [0.29, 0.717) is 12.8 Å². The van der Waals surface area contributed by atoms with Crippen LogP contribution in [-0.4, -0.2) is 42.6 Å². The van der Waals surface area contributed by atoms with Gasteiger partial charge < -0.3 is 9.64 Å². The molecule has 0 spiro atoms. The minimum absolute atomic E-state index is 0.254. The third kappa shape index (κ3) is 5.21. The molecular weight excluding hydrogens is 287 g/mol. The van der Waals surface area contributed by atoms with E-state index < -0.39 is 30.0 Å². The standard InChI is InChI=1S/C14H22F3NO3/c1-10(12(19)21-2)9-18(13(20)14(15,16)17)11-7-5-3-4-6-8-11/h10-11H,3-9H2,1-2H3. The van der Waals surface area contributed by atoms with Gasteiger partial charge in [0, 0.05) is 12.6 Å². The largest absolute Gasteiger partial charge is 0.471 e. The first-order valence-corrected chi connectivity index (χ1v) is 7.23. The summed E-state index contributed by atoms with van der Waals surface area (Å²) in [6, 6.07) is -0.450. The number of halogens is 3. The van der Waals surface area contributed by atoms with Crippen LogP contribution in [0.2, 0.25) is 0 Å². The molecule has 0 aliphatic heterocycles. The Labute approximate surface area is 122 Å². The van der Waals surface area contributed by atoms with E-state index in [4.69, 9.17) is 0 Å². The third-order valence-electron chi connectivity index (χ3n) is 3.84. The molecule has 0 radical (unpaired) electrons. The first-order chi connectivity index (χ1) is 9.77. The molecule has 1 amide bonds.